The number of ether oxygens (including phenoxy) is 4. The Kier molecular flexibility index (Phi) is 40.2. The van der Waals surface area contributed by atoms with Crippen molar-refractivity contribution >= 4 is 35.4 Å². The second-order valence-corrected chi connectivity index (χ2v) is 27.8. The smallest absolute Gasteiger partial charge is 0.306 e. The first-order valence-electron chi connectivity index (χ1n) is 36.6. The first kappa shape index (κ1) is 78.8. The van der Waals surface area contributed by atoms with Crippen molar-refractivity contribution in [3.63, 3.8) is 0 Å². The van der Waals surface area contributed by atoms with E-state index < -0.39 is 64.5 Å². The molecule has 88 heavy (non-hydrogen) atoms. The average Bonchev–Trinajstić information content (AvgIpc) is 1.33. The summed E-state index contributed by atoms with van der Waals surface area (Å²) in [6.45, 7) is 12.6. The number of halogens is 1. The molecule has 4 rings (SSSR count). The van der Waals surface area contributed by atoms with Crippen LogP contribution in [0.25, 0.3) is 0 Å². The molecule has 508 valence electrons. The highest BCUT2D eigenvalue weighted by atomic mass is 19.1. The quantitative estimate of drug-likeness (QED) is 0.0335. The summed E-state index contributed by atoms with van der Waals surface area (Å²) in [6, 6.07) is 0. The second-order valence-electron chi connectivity index (χ2n) is 27.8. The molecule has 13 heteroatoms. The Hall–Kier alpha value is -3.45. The minimum atomic E-state index is -2.01. The van der Waals surface area contributed by atoms with Gasteiger partial charge in [0, 0.05) is 42.9 Å². The summed E-state index contributed by atoms with van der Waals surface area (Å²) in [4.78, 5) is 74.0. The van der Waals surface area contributed by atoms with Gasteiger partial charge in [-0.05, 0) is 75.9 Å². The summed E-state index contributed by atoms with van der Waals surface area (Å²) in [5.41, 5.74) is -5.33. The van der Waals surface area contributed by atoms with Crippen LogP contribution in [0.2, 0.25) is 0 Å². The normalized spacial score (nSPS) is 24.4. The summed E-state index contributed by atoms with van der Waals surface area (Å²) >= 11 is 0. The van der Waals surface area contributed by atoms with E-state index in [1.165, 1.54) is 212 Å². The Morgan fingerprint density at radius 2 is 0.920 bits per heavy atom. The molecule has 8 atom stereocenters. The lowest BCUT2D eigenvalue weighted by atomic mass is 9.44. The van der Waals surface area contributed by atoms with Gasteiger partial charge in [-0.2, -0.15) is 0 Å². The summed E-state index contributed by atoms with van der Waals surface area (Å²) in [5, 5.41) is 22.9. The SMILES string of the molecule is CC(=O)OCC(=O)[C@@]1(O)[C@H](C)C[C@H]2[C@@H]3CCC4=CC(=O)C=C[C@]4(C)[C@@]3(F)[C@@H](O)C[C@@]21C.CCCCCCCCCCCCCCCC(=O)OCC(COC(=O)CCCCCCCCCCCCCCC)OC(=O)CCCCCCCCCCCCCCC. The van der Waals surface area contributed by atoms with Crippen LogP contribution in [-0.4, -0.2) is 89.0 Å². The zero-order valence-corrected chi connectivity index (χ0v) is 57.1. The fourth-order valence-corrected chi connectivity index (χ4v) is 15.2. The Bertz CT molecular complexity index is 1990. The topological polar surface area (TPSA) is 180 Å². The number of allylic oxidation sites excluding steroid dienone is 4. The van der Waals surface area contributed by atoms with E-state index in [2.05, 4.69) is 20.8 Å². The molecule has 4 aliphatic rings. The number of esters is 4. The third kappa shape index (κ3) is 27.0. The molecule has 2 N–H and O–H groups in total. The summed E-state index contributed by atoms with van der Waals surface area (Å²) in [6.07, 6.45) is 53.6. The maximum absolute atomic E-state index is 17.0. The van der Waals surface area contributed by atoms with Crippen LogP contribution in [0.15, 0.2) is 23.8 Å². The minimum Gasteiger partial charge on any atom is -0.462 e. The van der Waals surface area contributed by atoms with E-state index in [-0.39, 0.29) is 49.2 Å². The molecule has 0 spiro atoms. The lowest BCUT2D eigenvalue weighted by Crippen LogP contribution is -2.69. The zero-order valence-electron chi connectivity index (χ0n) is 57.1. The van der Waals surface area contributed by atoms with E-state index >= 15 is 4.39 Å². The van der Waals surface area contributed by atoms with E-state index in [4.69, 9.17) is 18.9 Å². The highest BCUT2D eigenvalue weighted by Crippen LogP contribution is 2.70. The summed E-state index contributed by atoms with van der Waals surface area (Å²) in [7, 11) is 0. The van der Waals surface area contributed by atoms with Crippen LogP contribution in [0.3, 0.4) is 0 Å². The number of alkyl halides is 1. The van der Waals surface area contributed by atoms with E-state index in [1.807, 2.05) is 0 Å². The van der Waals surface area contributed by atoms with Crippen LogP contribution in [0, 0.1) is 28.6 Å². The monoisotopic (exact) mass is 1240 g/mol. The van der Waals surface area contributed by atoms with Gasteiger partial charge in [0.1, 0.15) is 18.8 Å². The molecule has 0 aromatic rings. The molecule has 4 aliphatic carbocycles. The molecule has 0 bridgehead atoms. The van der Waals surface area contributed by atoms with Crippen LogP contribution in [-0.2, 0) is 47.7 Å². The number of Topliss-reactive ketones (excluding diaryl/α,β-unsaturated/α-hetero) is 1. The molecule has 0 amide bonds. The van der Waals surface area contributed by atoms with E-state index in [1.54, 1.807) is 26.8 Å². The fourth-order valence-electron chi connectivity index (χ4n) is 15.2. The van der Waals surface area contributed by atoms with Crippen molar-refractivity contribution in [3.8, 4) is 0 Å². The van der Waals surface area contributed by atoms with Crippen molar-refractivity contribution in [1.82, 2.24) is 0 Å². The first-order valence-corrected chi connectivity index (χ1v) is 36.6. The Morgan fingerprint density at radius 1 is 0.557 bits per heavy atom. The molecule has 0 saturated heterocycles. The van der Waals surface area contributed by atoms with Crippen LogP contribution in [0.5, 0.6) is 0 Å². The first-order chi connectivity index (χ1) is 42.3. The largest absolute Gasteiger partial charge is 0.462 e. The van der Waals surface area contributed by atoms with Crippen molar-refractivity contribution < 1.29 is 62.3 Å². The van der Waals surface area contributed by atoms with E-state index in [9.17, 15) is 39.0 Å². The van der Waals surface area contributed by atoms with Gasteiger partial charge in [0.25, 0.3) is 0 Å². The lowest BCUT2D eigenvalue weighted by Gasteiger charge is -2.62. The predicted octanol–water partition coefficient (Wildman–Crippen LogP) is 18.9. The van der Waals surface area contributed by atoms with Gasteiger partial charge < -0.3 is 29.2 Å². The van der Waals surface area contributed by atoms with Gasteiger partial charge in [-0.15, -0.1) is 0 Å². The second kappa shape index (κ2) is 44.9. The average molecular weight is 1240 g/mol. The standard InChI is InChI=1S/C51H98O6.C24H31FO6/c1-4-7-10-13-16-19-22-25-28-31-34-37-40-43-49(52)55-46-48(57-51(54)45-42-39-36-33-30-27-24-21-18-15-12-9-6-3)47-56-50(53)44-41-38-35-32-29-26-23-20-17-14-11-8-5-2;1-13-9-18-17-6-5-15-10-16(27)7-8-21(15,3)23(17,25)19(28)11-22(18,4)24(13,30)20(29)12-31-14(2)26/h48H,4-47H2,1-3H3;7-8,10,13,17-19,28,30H,5-6,9,11-12H2,1-4H3/t;13-,17+,18+,19+,21+,22+,23+,24+/m.1/s1. The Morgan fingerprint density at radius 3 is 1.30 bits per heavy atom. The van der Waals surface area contributed by atoms with Gasteiger partial charge in [-0.1, -0.05) is 277 Å². The van der Waals surface area contributed by atoms with E-state index in [0.717, 1.165) is 57.8 Å². The zero-order chi connectivity index (χ0) is 64.5. The van der Waals surface area contributed by atoms with Crippen molar-refractivity contribution in [1.29, 1.82) is 0 Å². The molecular weight excluding hydrogens is 1110 g/mol. The number of rotatable bonds is 50. The number of ketones is 2. The fraction of sp³-hybridized carbons (Fsp3) is 0.867. The van der Waals surface area contributed by atoms with Gasteiger partial charge in [-0.3, -0.25) is 28.8 Å². The van der Waals surface area contributed by atoms with Gasteiger partial charge in [0.05, 0.1) is 6.10 Å². The highest BCUT2D eigenvalue weighted by molar-refractivity contribution is 6.01. The van der Waals surface area contributed by atoms with Crippen LogP contribution < -0.4 is 0 Å². The molecule has 12 nitrogen and oxygen atoms in total. The van der Waals surface area contributed by atoms with Gasteiger partial charge >= 0.3 is 23.9 Å². The minimum absolute atomic E-state index is 0.0619. The highest BCUT2D eigenvalue weighted by Gasteiger charge is 2.75. The lowest BCUT2D eigenvalue weighted by molar-refractivity contribution is -0.219. The molecule has 0 aliphatic heterocycles. The molecule has 0 aromatic heterocycles. The molecule has 3 saturated carbocycles. The van der Waals surface area contributed by atoms with Gasteiger partial charge in [0.2, 0.25) is 5.78 Å². The third-order valence-corrected chi connectivity index (χ3v) is 20.7. The van der Waals surface area contributed by atoms with Crippen LogP contribution in [0.4, 0.5) is 4.39 Å². The molecule has 0 heterocycles. The molecular formula is C75H129FO12. The van der Waals surface area contributed by atoms with Crippen molar-refractivity contribution in [2.24, 2.45) is 28.6 Å². The number of hydrogen-bond acceptors (Lipinski definition) is 12. The van der Waals surface area contributed by atoms with Gasteiger partial charge in [0.15, 0.2) is 24.2 Å². The number of fused-ring (bicyclic) bond motifs is 5. The maximum atomic E-state index is 17.0. The summed E-state index contributed by atoms with van der Waals surface area (Å²) < 4.78 is 38.7. The maximum Gasteiger partial charge on any atom is 0.306 e. The van der Waals surface area contributed by atoms with Crippen molar-refractivity contribution in [3.05, 3.63) is 23.8 Å². The van der Waals surface area contributed by atoms with E-state index in [0.29, 0.717) is 44.1 Å². The number of hydrogen-bond donors (Lipinski definition) is 2. The Balaban J connectivity index is 0.000000541. The number of aliphatic hydroxyl groups is 2. The van der Waals surface area contributed by atoms with Crippen molar-refractivity contribution in [2.75, 3.05) is 19.8 Å². The number of aliphatic hydroxyl groups excluding tert-OH is 1. The molecule has 3 fully saturated rings. The molecule has 0 unspecified atom stereocenters. The predicted molar refractivity (Wildman–Crippen MR) is 352 cm³/mol. The van der Waals surface area contributed by atoms with Crippen LogP contribution >= 0.6 is 0 Å². The number of carbonyl (C=O) groups excluding carboxylic acids is 6. The number of unbranched alkanes of at least 4 members (excludes halogenated alkanes) is 36. The third-order valence-electron chi connectivity index (χ3n) is 20.7. The summed E-state index contributed by atoms with van der Waals surface area (Å²) in [5.74, 6) is -3.65. The van der Waals surface area contributed by atoms with Crippen LogP contribution in [0.1, 0.15) is 344 Å². The Labute approximate surface area is 535 Å². The number of carbonyl (C=O) groups is 6. The van der Waals surface area contributed by atoms with Gasteiger partial charge in [-0.25, -0.2) is 4.39 Å². The molecule has 0 radical (unpaired) electrons. The molecule has 0 aromatic carbocycles. The van der Waals surface area contributed by atoms with Crippen molar-refractivity contribution in [2.45, 2.75) is 367 Å².